The van der Waals surface area contributed by atoms with Gasteiger partial charge in [-0.25, -0.2) is 0 Å². The van der Waals surface area contributed by atoms with Crippen molar-refractivity contribution in [3.63, 3.8) is 0 Å². The second-order valence-corrected chi connectivity index (χ2v) is 6.37. The Hall–Kier alpha value is -2.71. The van der Waals surface area contributed by atoms with Crippen LogP contribution in [-0.2, 0) is 13.2 Å². The number of ether oxygens (including phenoxy) is 2. The minimum absolute atomic E-state index is 0.152. The summed E-state index contributed by atoms with van der Waals surface area (Å²) in [5, 5.41) is 12.0. The van der Waals surface area contributed by atoms with E-state index >= 15 is 0 Å². The first-order valence-electron chi connectivity index (χ1n) is 8.17. The van der Waals surface area contributed by atoms with Gasteiger partial charge in [0.1, 0.15) is 6.61 Å². The molecule has 0 amide bonds. The summed E-state index contributed by atoms with van der Waals surface area (Å²) in [6, 6.07) is 11.0. The van der Waals surface area contributed by atoms with Crippen LogP contribution in [0.15, 0.2) is 36.4 Å². The van der Waals surface area contributed by atoms with E-state index in [1.165, 1.54) is 4.79 Å². The smallest absolute Gasteiger partial charge is 0.260 e. The van der Waals surface area contributed by atoms with E-state index < -0.39 is 0 Å². The minimum atomic E-state index is 0.152. The fraction of sp³-hybridized carbons (Fsp3) is 0.235. The molecule has 0 spiro atoms. The van der Waals surface area contributed by atoms with Crippen LogP contribution < -0.4 is 20.6 Å². The molecule has 27 heavy (non-hydrogen) atoms. The van der Waals surface area contributed by atoms with Gasteiger partial charge in [0, 0.05) is 16.1 Å². The molecule has 2 aromatic carbocycles. The SMILES string of the molecule is CCOc1cc(CNn2nnnc2N)c(Cl)cc1OCc1ccc(Cl)cc1. The number of nitrogens with one attached hydrogen (secondary N) is 1. The number of hydrogen-bond acceptors (Lipinski definition) is 7. The Kier molecular flexibility index (Phi) is 6.20. The average Bonchev–Trinajstić information content (AvgIpc) is 3.07. The van der Waals surface area contributed by atoms with E-state index in [0.717, 1.165) is 11.1 Å². The summed E-state index contributed by atoms with van der Waals surface area (Å²) in [7, 11) is 0. The maximum Gasteiger partial charge on any atom is 0.260 e. The second kappa shape index (κ2) is 8.79. The molecule has 3 aromatic rings. The quantitative estimate of drug-likeness (QED) is 0.589. The largest absolute Gasteiger partial charge is 0.490 e. The van der Waals surface area contributed by atoms with Crippen molar-refractivity contribution in [1.82, 2.24) is 20.3 Å². The van der Waals surface area contributed by atoms with E-state index in [0.29, 0.717) is 41.3 Å². The highest BCUT2D eigenvalue weighted by Gasteiger charge is 2.12. The second-order valence-electron chi connectivity index (χ2n) is 5.52. The van der Waals surface area contributed by atoms with Gasteiger partial charge in [0.25, 0.3) is 5.95 Å². The Labute approximate surface area is 166 Å². The summed E-state index contributed by atoms with van der Waals surface area (Å²) in [5.74, 6) is 1.30. The molecular formula is C17H18Cl2N6O2. The van der Waals surface area contributed by atoms with E-state index in [4.69, 9.17) is 38.4 Å². The number of nitrogens with two attached hydrogens (primary N) is 1. The van der Waals surface area contributed by atoms with Crippen molar-refractivity contribution >= 4 is 29.2 Å². The lowest BCUT2D eigenvalue weighted by molar-refractivity contribution is 0.269. The number of benzene rings is 2. The number of nitrogens with zero attached hydrogens (tertiary/aromatic N) is 4. The summed E-state index contributed by atoms with van der Waals surface area (Å²) >= 11 is 12.3. The van der Waals surface area contributed by atoms with Gasteiger partial charge in [0.05, 0.1) is 13.2 Å². The predicted octanol–water partition coefficient (Wildman–Crippen LogP) is 3.28. The van der Waals surface area contributed by atoms with Crippen molar-refractivity contribution in [2.75, 3.05) is 17.8 Å². The zero-order chi connectivity index (χ0) is 19.2. The maximum atomic E-state index is 6.40. The highest BCUT2D eigenvalue weighted by Crippen LogP contribution is 2.34. The topological polar surface area (TPSA) is 100 Å². The lowest BCUT2D eigenvalue weighted by Crippen LogP contribution is -2.18. The summed E-state index contributed by atoms with van der Waals surface area (Å²) in [6.07, 6.45) is 0. The monoisotopic (exact) mass is 408 g/mol. The van der Waals surface area contributed by atoms with E-state index in [1.54, 1.807) is 6.07 Å². The van der Waals surface area contributed by atoms with Crippen LogP contribution in [0.4, 0.5) is 5.95 Å². The van der Waals surface area contributed by atoms with Crippen molar-refractivity contribution in [1.29, 1.82) is 0 Å². The Balaban J connectivity index is 1.74. The average molecular weight is 409 g/mol. The number of rotatable bonds is 8. The molecule has 0 saturated carbocycles. The van der Waals surface area contributed by atoms with Crippen molar-refractivity contribution in [3.05, 3.63) is 57.6 Å². The first kappa shape index (κ1) is 19.1. The summed E-state index contributed by atoms with van der Waals surface area (Å²) < 4.78 is 11.6. The molecule has 1 heterocycles. The molecule has 1 aromatic heterocycles. The molecule has 0 unspecified atom stereocenters. The van der Waals surface area contributed by atoms with Gasteiger partial charge in [-0.2, -0.15) is 0 Å². The molecule has 0 radical (unpaired) electrons. The molecule has 0 fully saturated rings. The van der Waals surface area contributed by atoms with Crippen molar-refractivity contribution in [3.8, 4) is 11.5 Å². The maximum absolute atomic E-state index is 6.40. The van der Waals surface area contributed by atoms with Crippen LogP contribution in [0.2, 0.25) is 10.0 Å². The Morgan fingerprint density at radius 1 is 1.11 bits per heavy atom. The molecule has 142 valence electrons. The lowest BCUT2D eigenvalue weighted by atomic mass is 10.2. The van der Waals surface area contributed by atoms with E-state index in [9.17, 15) is 0 Å². The minimum Gasteiger partial charge on any atom is -0.490 e. The third kappa shape index (κ3) is 4.93. The fourth-order valence-corrected chi connectivity index (χ4v) is 2.65. The number of halogens is 2. The third-order valence-corrected chi connectivity index (χ3v) is 4.24. The van der Waals surface area contributed by atoms with Gasteiger partial charge in [-0.1, -0.05) is 40.4 Å². The number of aromatic nitrogens is 4. The molecule has 0 aliphatic heterocycles. The normalized spacial score (nSPS) is 10.6. The van der Waals surface area contributed by atoms with Crippen molar-refractivity contribution in [2.45, 2.75) is 20.1 Å². The Bertz CT molecular complexity index is 901. The number of tetrazole rings is 1. The van der Waals surface area contributed by atoms with Gasteiger partial charge in [-0.3, -0.25) is 0 Å². The Morgan fingerprint density at radius 3 is 2.52 bits per heavy atom. The fourth-order valence-electron chi connectivity index (χ4n) is 2.30. The van der Waals surface area contributed by atoms with Crippen LogP contribution in [0, 0.1) is 0 Å². The van der Waals surface area contributed by atoms with Gasteiger partial charge in [-0.15, -0.1) is 4.79 Å². The lowest BCUT2D eigenvalue weighted by Gasteiger charge is -2.15. The zero-order valence-corrected chi connectivity index (χ0v) is 16.0. The molecule has 0 aliphatic carbocycles. The Morgan fingerprint density at radius 2 is 1.85 bits per heavy atom. The van der Waals surface area contributed by atoms with E-state index in [2.05, 4.69) is 21.0 Å². The number of nitrogen functional groups attached to an aromatic ring is 1. The number of hydrogen-bond donors (Lipinski definition) is 2. The van der Waals surface area contributed by atoms with Crippen LogP contribution >= 0.6 is 23.2 Å². The van der Waals surface area contributed by atoms with Gasteiger partial charge in [0.15, 0.2) is 11.5 Å². The number of anilines is 1. The molecule has 0 atom stereocenters. The molecule has 0 saturated heterocycles. The van der Waals surface area contributed by atoms with Crippen LogP contribution in [0.5, 0.6) is 11.5 Å². The molecule has 10 heteroatoms. The standard InChI is InChI=1S/C17H18Cl2N6O2/c1-2-26-15-7-12(9-21-25-17(20)22-23-24-25)14(19)8-16(15)27-10-11-3-5-13(18)6-4-11/h3-8,21H,2,9-10H2,1H3,(H2,20,22,24). The summed E-state index contributed by atoms with van der Waals surface area (Å²) in [5.41, 5.74) is 10.4. The summed E-state index contributed by atoms with van der Waals surface area (Å²) in [4.78, 5) is 1.27. The van der Waals surface area contributed by atoms with E-state index in [1.807, 2.05) is 37.3 Å². The zero-order valence-electron chi connectivity index (χ0n) is 14.5. The molecule has 3 N–H and O–H groups in total. The molecular weight excluding hydrogens is 391 g/mol. The highest BCUT2D eigenvalue weighted by molar-refractivity contribution is 6.31. The van der Waals surface area contributed by atoms with Gasteiger partial charge >= 0.3 is 0 Å². The molecule has 8 nitrogen and oxygen atoms in total. The van der Waals surface area contributed by atoms with E-state index in [-0.39, 0.29) is 5.95 Å². The first-order valence-corrected chi connectivity index (χ1v) is 8.92. The van der Waals surface area contributed by atoms with Crippen LogP contribution in [0.3, 0.4) is 0 Å². The van der Waals surface area contributed by atoms with Gasteiger partial charge in [-0.05, 0) is 46.7 Å². The predicted molar refractivity (Wildman–Crippen MR) is 104 cm³/mol. The van der Waals surface area contributed by atoms with Crippen LogP contribution in [-0.4, -0.2) is 26.9 Å². The third-order valence-electron chi connectivity index (χ3n) is 3.63. The van der Waals surface area contributed by atoms with Crippen LogP contribution in [0.1, 0.15) is 18.1 Å². The molecule has 0 bridgehead atoms. The highest BCUT2D eigenvalue weighted by atomic mass is 35.5. The van der Waals surface area contributed by atoms with Crippen molar-refractivity contribution < 1.29 is 9.47 Å². The summed E-state index contributed by atoms with van der Waals surface area (Å²) in [6.45, 7) is 3.11. The first-order chi connectivity index (χ1) is 13.1. The van der Waals surface area contributed by atoms with Crippen molar-refractivity contribution in [2.24, 2.45) is 0 Å². The van der Waals surface area contributed by atoms with Gasteiger partial charge in [0.2, 0.25) is 0 Å². The molecule has 0 aliphatic rings. The van der Waals surface area contributed by atoms with Crippen LogP contribution in [0.25, 0.3) is 0 Å². The molecule has 3 rings (SSSR count). The van der Waals surface area contributed by atoms with Gasteiger partial charge < -0.3 is 20.6 Å².